The summed E-state index contributed by atoms with van der Waals surface area (Å²) in [6, 6.07) is 4.40. The molecule has 2 aliphatic carbocycles. The number of pyridine rings is 1. The number of nitrogens with one attached hydrogen (secondary N) is 2. The van der Waals surface area contributed by atoms with E-state index in [1.807, 2.05) is 12.2 Å². The van der Waals surface area contributed by atoms with Crippen LogP contribution in [-0.2, 0) is 19.1 Å². The smallest absolute Gasteiger partial charge is 0.408 e. The molecule has 6 rings (SSSR count). The van der Waals surface area contributed by atoms with Gasteiger partial charge in [0.2, 0.25) is 11.8 Å². The molecule has 5 atom stereocenters. The Morgan fingerprint density at radius 1 is 1.04 bits per heavy atom. The molecule has 1 saturated heterocycles. The van der Waals surface area contributed by atoms with Gasteiger partial charge < -0.3 is 34.9 Å². The Morgan fingerprint density at radius 2 is 1.82 bits per heavy atom. The Labute approximate surface area is 284 Å². The number of Topliss-reactive ketones (excluding diaryl/α,β-unsaturated/α-hetero) is 1. The number of amides is 3. The highest BCUT2D eigenvalue weighted by molar-refractivity contribution is 5.98. The molecule has 4 aliphatic rings. The molecule has 0 spiro atoms. The summed E-state index contributed by atoms with van der Waals surface area (Å²) >= 11 is 0. The van der Waals surface area contributed by atoms with Gasteiger partial charge in [-0.15, -0.1) is 0 Å². The maximum atomic E-state index is 14.4. The quantitative estimate of drug-likeness (QED) is 0.359. The van der Waals surface area contributed by atoms with E-state index in [0.717, 1.165) is 44.9 Å². The van der Waals surface area contributed by atoms with E-state index in [1.54, 1.807) is 18.2 Å². The molecule has 1 aromatic carbocycles. The van der Waals surface area contributed by atoms with Crippen molar-refractivity contribution in [1.29, 1.82) is 0 Å². The summed E-state index contributed by atoms with van der Waals surface area (Å²) in [7, 11) is 1.49. The highest BCUT2D eigenvalue weighted by atomic mass is 16.6. The average Bonchev–Trinajstić information content (AvgIpc) is 3.36. The van der Waals surface area contributed by atoms with Gasteiger partial charge in [-0.25, -0.2) is 14.6 Å². The van der Waals surface area contributed by atoms with Gasteiger partial charge in [0.25, 0.3) is 0 Å². The summed E-state index contributed by atoms with van der Waals surface area (Å²) in [6.07, 6.45) is 10.1. The number of benzene rings is 1. The largest absolute Gasteiger partial charge is 0.497 e. The number of fused-ring (bicyclic) bond motifs is 3. The number of carboxylic acid groups (broad SMARTS) is 1. The van der Waals surface area contributed by atoms with Gasteiger partial charge in [0, 0.05) is 29.9 Å². The zero-order valence-electron chi connectivity index (χ0n) is 27.9. The Hall–Kier alpha value is -4.68. The Balaban J connectivity index is 1.30. The second-order valence-electron chi connectivity index (χ2n) is 13.6. The minimum atomic E-state index is -1.25. The van der Waals surface area contributed by atoms with Crippen LogP contribution < -0.4 is 20.1 Å². The van der Waals surface area contributed by atoms with E-state index in [4.69, 9.17) is 14.2 Å². The average molecular weight is 677 g/mol. The van der Waals surface area contributed by atoms with Gasteiger partial charge in [0.15, 0.2) is 11.5 Å². The normalized spacial score (nSPS) is 28.3. The van der Waals surface area contributed by atoms with Crippen molar-refractivity contribution < 1.29 is 43.3 Å². The van der Waals surface area contributed by atoms with Gasteiger partial charge in [-0.05, 0) is 70.4 Å². The molecule has 2 saturated carbocycles. The molecule has 262 valence electrons. The molecular formula is C36H44N4O9. The number of ether oxygens (including phenoxy) is 3. The van der Waals surface area contributed by atoms with Gasteiger partial charge >= 0.3 is 12.1 Å². The predicted octanol–water partition coefficient (Wildman–Crippen LogP) is 4.31. The molecule has 3 N–H and O–H groups in total. The molecule has 0 bridgehead atoms. The number of aromatic carboxylic acids is 1. The number of rotatable bonds is 7. The number of nitrogens with zero attached hydrogens (tertiary/aromatic N) is 2. The van der Waals surface area contributed by atoms with E-state index in [2.05, 4.69) is 15.6 Å². The number of hydrogen-bond acceptors (Lipinski definition) is 9. The van der Waals surface area contributed by atoms with Crippen LogP contribution in [0.1, 0.15) is 88.0 Å². The Bertz CT molecular complexity index is 1650. The number of alkyl carbamates (subject to hydrolysis) is 1. The van der Waals surface area contributed by atoms with Crippen molar-refractivity contribution in [3.63, 3.8) is 0 Å². The van der Waals surface area contributed by atoms with Crippen LogP contribution in [0.4, 0.5) is 4.79 Å². The number of carbonyl (C=O) groups excluding carboxylic acids is 4. The third-order valence-corrected chi connectivity index (χ3v) is 10.2. The van der Waals surface area contributed by atoms with E-state index < -0.39 is 47.6 Å². The van der Waals surface area contributed by atoms with Crippen LogP contribution >= 0.6 is 0 Å². The van der Waals surface area contributed by atoms with Crippen molar-refractivity contribution in [2.24, 2.45) is 5.92 Å². The van der Waals surface area contributed by atoms with Crippen LogP contribution in [0.5, 0.6) is 11.5 Å². The summed E-state index contributed by atoms with van der Waals surface area (Å²) in [4.78, 5) is 71.9. The van der Waals surface area contributed by atoms with E-state index in [-0.39, 0.29) is 42.2 Å². The van der Waals surface area contributed by atoms with Gasteiger partial charge in [0.05, 0.1) is 19.2 Å². The van der Waals surface area contributed by atoms with Crippen LogP contribution in [-0.4, -0.2) is 88.1 Å². The van der Waals surface area contributed by atoms with Crippen molar-refractivity contribution in [2.75, 3.05) is 13.7 Å². The SMILES string of the molecule is COc1ccc2c(O[C@@H]3C[C@H]4C(=O)N[C@]5(C(C)=O)CC5/C=C\CCCCC[C@H](NC(=O)OC5CCCC5)C(=O)N4C3)cc(C(=O)O)nc2c1. The minimum Gasteiger partial charge on any atom is -0.497 e. The molecule has 3 heterocycles. The van der Waals surface area contributed by atoms with Gasteiger partial charge in [-0.2, -0.15) is 0 Å². The molecule has 3 amide bonds. The molecule has 1 unspecified atom stereocenters. The Kier molecular flexibility index (Phi) is 10.1. The van der Waals surface area contributed by atoms with Crippen molar-refractivity contribution in [1.82, 2.24) is 20.5 Å². The molecule has 2 aromatic rings. The summed E-state index contributed by atoms with van der Waals surface area (Å²) in [5.74, 6) is -1.74. The predicted molar refractivity (Wildman–Crippen MR) is 177 cm³/mol. The first-order valence-electron chi connectivity index (χ1n) is 17.2. The molecule has 3 fully saturated rings. The van der Waals surface area contributed by atoms with E-state index in [9.17, 15) is 29.1 Å². The molecule has 0 radical (unpaired) electrons. The summed E-state index contributed by atoms with van der Waals surface area (Å²) < 4.78 is 17.3. The highest BCUT2D eigenvalue weighted by Gasteiger charge is 2.59. The van der Waals surface area contributed by atoms with Gasteiger partial charge in [-0.3, -0.25) is 14.4 Å². The fourth-order valence-electron chi connectivity index (χ4n) is 7.36. The lowest BCUT2D eigenvalue weighted by atomic mass is 10.0. The number of aromatic nitrogens is 1. The number of ketones is 1. The Morgan fingerprint density at radius 3 is 2.55 bits per heavy atom. The lowest BCUT2D eigenvalue weighted by Crippen LogP contribution is -2.56. The van der Waals surface area contributed by atoms with Crippen LogP contribution in [0.3, 0.4) is 0 Å². The van der Waals surface area contributed by atoms with Crippen molar-refractivity contribution in [3.8, 4) is 11.5 Å². The van der Waals surface area contributed by atoms with Crippen LogP contribution in [0.2, 0.25) is 0 Å². The molecule has 13 nitrogen and oxygen atoms in total. The number of carboxylic acids is 1. The van der Waals surface area contributed by atoms with Crippen LogP contribution in [0.15, 0.2) is 36.4 Å². The molecule has 1 aromatic heterocycles. The second kappa shape index (κ2) is 14.4. The topological polar surface area (TPSA) is 173 Å². The highest BCUT2D eigenvalue weighted by Crippen LogP contribution is 2.46. The number of carbonyl (C=O) groups is 5. The second-order valence-corrected chi connectivity index (χ2v) is 13.6. The summed E-state index contributed by atoms with van der Waals surface area (Å²) in [5.41, 5.74) is -0.933. The van der Waals surface area contributed by atoms with E-state index in [0.29, 0.717) is 35.9 Å². The maximum absolute atomic E-state index is 14.4. The number of methoxy groups -OCH3 is 1. The summed E-state index contributed by atoms with van der Waals surface area (Å²) in [6.45, 7) is 1.46. The molecular weight excluding hydrogens is 632 g/mol. The van der Waals surface area contributed by atoms with E-state index in [1.165, 1.54) is 25.0 Å². The zero-order valence-corrected chi connectivity index (χ0v) is 27.9. The molecule has 49 heavy (non-hydrogen) atoms. The maximum Gasteiger partial charge on any atom is 0.408 e. The first kappa shape index (κ1) is 34.2. The third kappa shape index (κ3) is 7.50. The molecule has 13 heteroatoms. The van der Waals surface area contributed by atoms with E-state index >= 15 is 0 Å². The number of allylic oxidation sites excluding steroid dienone is 1. The van der Waals surface area contributed by atoms with Crippen molar-refractivity contribution in [2.45, 2.75) is 107 Å². The fourth-order valence-corrected chi connectivity index (χ4v) is 7.36. The van der Waals surface area contributed by atoms with Crippen LogP contribution in [0.25, 0.3) is 10.9 Å². The summed E-state index contributed by atoms with van der Waals surface area (Å²) in [5, 5.41) is 16.1. The first-order chi connectivity index (χ1) is 23.6. The third-order valence-electron chi connectivity index (χ3n) is 10.2. The monoisotopic (exact) mass is 676 g/mol. The fraction of sp³-hybridized carbons (Fsp3) is 0.556. The minimum absolute atomic E-state index is 0.00838. The first-order valence-corrected chi connectivity index (χ1v) is 17.2. The molecule has 2 aliphatic heterocycles. The van der Waals surface area contributed by atoms with Gasteiger partial charge in [0.1, 0.15) is 41.3 Å². The standard InChI is InChI=1S/C36H44N4O9/c1-21(41)36-19-22(36)10-6-4-3-5-7-13-27(38-35(46)49-23-11-8-9-12-23)33(43)40-20-25(17-30(40)32(42)39-36)48-31-18-29(34(44)45)37-28-16-24(47-2)14-15-26(28)31/h6,10,14-16,18,22-23,25,27,30H,3-5,7-9,11-13,17,19-20H2,1-2H3,(H,38,46)(H,39,42)(H,44,45)/b10-6-/t22?,25-,27+,30+,36+/m1/s1. The number of hydrogen-bond donors (Lipinski definition) is 3. The lowest BCUT2D eigenvalue weighted by molar-refractivity contribution is -0.141. The van der Waals surface area contributed by atoms with Crippen molar-refractivity contribution in [3.05, 3.63) is 42.1 Å². The zero-order chi connectivity index (χ0) is 34.7. The lowest BCUT2D eigenvalue weighted by Gasteiger charge is -2.29. The van der Waals surface area contributed by atoms with Crippen LogP contribution in [0, 0.1) is 5.92 Å². The van der Waals surface area contributed by atoms with Crippen molar-refractivity contribution >= 4 is 40.6 Å². The van der Waals surface area contributed by atoms with Gasteiger partial charge in [-0.1, -0.05) is 25.0 Å².